The molecule has 2 aromatic rings. The number of aliphatic hydroxyl groups is 1. The SMILES string of the molecule is N[C@@H](CO)C(=O)O.c1ccc(-c2ccn[nH]2)cc1. The lowest BCUT2D eigenvalue weighted by Gasteiger charge is -1.96. The molecule has 1 aromatic carbocycles. The molecule has 0 radical (unpaired) electrons. The number of carboxylic acids is 1. The van der Waals surface area contributed by atoms with Gasteiger partial charge in [0.2, 0.25) is 0 Å². The van der Waals surface area contributed by atoms with E-state index in [9.17, 15) is 4.79 Å². The van der Waals surface area contributed by atoms with E-state index in [4.69, 9.17) is 15.9 Å². The van der Waals surface area contributed by atoms with Crippen molar-refractivity contribution >= 4 is 5.97 Å². The molecule has 1 aromatic heterocycles. The maximum Gasteiger partial charge on any atom is 0.322 e. The van der Waals surface area contributed by atoms with Crippen LogP contribution in [0.15, 0.2) is 42.6 Å². The number of hydrogen-bond acceptors (Lipinski definition) is 4. The number of benzene rings is 1. The fraction of sp³-hybridized carbons (Fsp3) is 0.167. The average molecular weight is 249 g/mol. The van der Waals surface area contributed by atoms with Crippen molar-refractivity contribution in [3.05, 3.63) is 42.6 Å². The minimum absolute atomic E-state index is 0.505. The van der Waals surface area contributed by atoms with Gasteiger partial charge in [-0.15, -0.1) is 0 Å². The lowest BCUT2D eigenvalue weighted by molar-refractivity contribution is -0.139. The number of H-pyrrole nitrogens is 1. The molecule has 0 saturated carbocycles. The molecular weight excluding hydrogens is 234 g/mol. The zero-order chi connectivity index (χ0) is 13.4. The molecule has 0 amide bonds. The normalized spacial score (nSPS) is 11.2. The highest BCUT2D eigenvalue weighted by Crippen LogP contribution is 2.13. The van der Waals surface area contributed by atoms with Crippen molar-refractivity contribution in [3.8, 4) is 11.3 Å². The van der Waals surface area contributed by atoms with E-state index >= 15 is 0 Å². The van der Waals surface area contributed by atoms with Crippen LogP contribution in [0, 0.1) is 0 Å². The second kappa shape index (κ2) is 7.21. The fourth-order valence-corrected chi connectivity index (χ4v) is 1.11. The number of aliphatic carboxylic acids is 1. The molecule has 0 unspecified atom stereocenters. The number of aromatic nitrogens is 2. The van der Waals surface area contributed by atoms with Crippen molar-refractivity contribution < 1.29 is 15.0 Å². The smallest absolute Gasteiger partial charge is 0.322 e. The summed E-state index contributed by atoms with van der Waals surface area (Å²) in [5.41, 5.74) is 7.00. The summed E-state index contributed by atoms with van der Waals surface area (Å²) in [7, 11) is 0. The van der Waals surface area contributed by atoms with Gasteiger partial charge in [0, 0.05) is 6.20 Å². The van der Waals surface area contributed by atoms with E-state index in [0.29, 0.717) is 0 Å². The summed E-state index contributed by atoms with van der Waals surface area (Å²) in [5.74, 6) is -1.18. The minimum Gasteiger partial charge on any atom is -0.480 e. The fourth-order valence-electron chi connectivity index (χ4n) is 1.11. The van der Waals surface area contributed by atoms with Crippen LogP contribution in [-0.4, -0.2) is 39.0 Å². The van der Waals surface area contributed by atoms with Gasteiger partial charge >= 0.3 is 5.97 Å². The Morgan fingerprint density at radius 1 is 1.33 bits per heavy atom. The first-order valence-electron chi connectivity index (χ1n) is 5.29. The van der Waals surface area contributed by atoms with Gasteiger partial charge in [-0.1, -0.05) is 30.3 Å². The largest absolute Gasteiger partial charge is 0.480 e. The Balaban J connectivity index is 0.000000203. The van der Waals surface area contributed by atoms with E-state index < -0.39 is 18.6 Å². The van der Waals surface area contributed by atoms with Gasteiger partial charge in [0.25, 0.3) is 0 Å². The van der Waals surface area contributed by atoms with Crippen molar-refractivity contribution in [1.82, 2.24) is 10.2 Å². The average Bonchev–Trinajstić information content (AvgIpc) is 2.93. The molecule has 2 rings (SSSR count). The van der Waals surface area contributed by atoms with E-state index in [1.807, 2.05) is 36.4 Å². The molecule has 0 bridgehead atoms. The zero-order valence-corrected chi connectivity index (χ0v) is 9.65. The summed E-state index contributed by atoms with van der Waals surface area (Å²) in [6.45, 7) is -0.505. The van der Waals surface area contributed by atoms with Crippen molar-refractivity contribution in [3.63, 3.8) is 0 Å². The Labute approximate surface area is 104 Å². The molecule has 0 saturated heterocycles. The quantitative estimate of drug-likeness (QED) is 0.631. The van der Waals surface area contributed by atoms with E-state index in [-0.39, 0.29) is 0 Å². The van der Waals surface area contributed by atoms with Gasteiger partial charge in [-0.25, -0.2) is 0 Å². The topological polar surface area (TPSA) is 112 Å². The van der Waals surface area contributed by atoms with Gasteiger partial charge in [-0.2, -0.15) is 5.10 Å². The van der Waals surface area contributed by atoms with Crippen molar-refractivity contribution in [2.24, 2.45) is 5.73 Å². The zero-order valence-electron chi connectivity index (χ0n) is 9.65. The monoisotopic (exact) mass is 249 g/mol. The number of aliphatic hydroxyl groups excluding tert-OH is 1. The van der Waals surface area contributed by atoms with Crippen LogP contribution in [0.25, 0.3) is 11.3 Å². The number of rotatable bonds is 3. The molecule has 1 heterocycles. The molecule has 1 atom stereocenters. The molecule has 18 heavy (non-hydrogen) atoms. The van der Waals surface area contributed by atoms with Gasteiger partial charge in [0.1, 0.15) is 6.04 Å². The summed E-state index contributed by atoms with van der Waals surface area (Å²) < 4.78 is 0. The van der Waals surface area contributed by atoms with Gasteiger partial charge in [0.05, 0.1) is 12.3 Å². The van der Waals surface area contributed by atoms with E-state index in [1.54, 1.807) is 6.20 Å². The lowest BCUT2D eigenvalue weighted by atomic mass is 10.2. The summed E-state index contributed by atoms with van der Waals surface area (Å²) in [4.78, 5) is 9.65. The third-order valence-corrected chi connectivity index (χ3v) is 2.10. The highest BCUT2D eigenvalue weighted by molar-refractivity contribution is 5.73. The van der Waals surface area contributed by atoms with Crippen LogP contribution < -0.4 is 5.73 Å². The van der Waals surface area contributed by atoms with Crippen LogP contribution in [0.3, 0.4) is 0 Å². The molecule has 0 aliphatic heterocycles. The molecule has 6 nitrogen and oxygen atoms in total. The Morgan fingerprint density at radius 2 is 2.00 bits per heavy atom. The molecule has 6 heteroatoms. The van der Waals surface area contributed by atoms with Crippen LogP contribution in [-0.2, 0) is 4.79 Å². The van der Waals surface area contributed by atoms with E-state index in [1.165, 1.54) is 5.56 Å². The van der Waals surface area contributed by atoms with Crippen LogP contribution in [0.2, 0.25) is 0 Å². The minimum atomic E-state index is -1.18. The molecular formula is C12H15N3O3. The Morgan fingerprint density at radius 3 is 2.39 bits per heavy atom. The Hall–Kier alpha value is -2.18. The van der Waals surface area contributed by atoms with Gasteiger partial charge in [-0.3, -0.25) is 9.89 Å². The maximum absolute atomic E-state index is 9.65. The molecule has 0 aliphatic rings. The van der Waals surface area contributed by atoms with E-state index in [0.717, 1.165) is 5.69 Å². The summed E-state index contributed by atoms with van der Waals surface area (Å²) in [6, 6.07) is 10.9. The van der Waals surface area contributed by atoms with Crippen LogP contribution in [0.1, 0.15) is 0 Å². The van der Waals surface area contributed by atoms with Crippen molar-refractivity contribution in [1.29, 1.82) is 0 Å². The van der Waals surface area contributed by atoms with Crippen molar-refractivity contribution in [2.75, 3.05) is 6.61 Å². The van der Waals surface area contributed by atoms with E-state index in [2.05, 4.69) is 10.2 Å². The van der Waals surface area contributed by atoms with Crippen LogP contribution in [0.4, 0.5) is 0 Å². The number of carboxylic acid groups (broad SMARTS) is 1. The van der Waals surface area contributed by atoms with Gasteiger partial charge in [-0.05, 0) is 11.6 Å². The predicted octanol–water partition coefficient (Wildman–Crippen LogP) is 0.467. The third kappa shape index (κ3) is 4.36. The Kier molecular flexibility index (Phi) is 5.56. The summed E-state index contributed by atoms with van der Waals surface area (Å²) >= 11 is 0. The molecule has 0 fully saturated rings. The first-order chi connectivity index (χ1) is 8.65. The second-order valence-electron chi connectivity index (χ2n) is 3.46. The lowest BCUT2D eigenvalue weighted by Crippen LogP contribution is -2.33. The summed E-state index contributed by atoms with van der Waals surface area (Å²) in [6.07, 6.45) is 1.75. The van der Waals surface area contributed by atoms with Gasteiger partial charge in [0.15, 0.2) is 0 Å². The van der Waals surface area contributed by atoms with Crippen LogP contribution >= 0.6 is 0 Å². The van der Waals surface area contributed by atoms with Gasteiger partial charge < -0.3 is 15.9 Å². The Bertz CT molecular complexity index is 457. The maximum atomic E-state index is 9.65. The number of nitrogens with two attached hydrogens (primary N) is 1. The molecule has 0 aliphatic carbocycles. The number of carbonyl (C=O) groups is 1. The number of aromatic amines is 1. The molecule has 0 spiro atoms. The second-order valence-corrected chi connectivity index (χ2v) is 3.46. The number of hydrogen-bond donors (Lipinski definition) is 4. The highest BCUT2D eigenvalue weighted by Gasteiger charge is 2.07. The summed E-state index contributed by atoms with van der Waals surface area (Å²) in [5, 5.41) is 22.7. The standard InChI is InChI=1S/C9H8N2.C3H7NO3/c1-2-4-8(5-3-1)9-6-7-10-11-9;4-2(1-5)3(6)7/h1-7H,(H,10,11);2,5H,1,4H2,(H,6,7)/t;2-/m.0/s1. The number of nitrogens with zero attached hydrogens (tertiary/aromatic N) is 1. The van der Waals surface area contributed by atoms with Crippen LogP contribution in [0.5, 0.6) is 0 Å². The number of nitrogens with one attached hydrogen (secondary N) is 1. The first kappa shape index (κ1) is 13.9. The third-order valence-electron chi connectivity index (χ3n) is 2.10. The predicted molar refractivity (Wildman–Crippen MR) is 66.7 cm³/mol. The molecule has 96 valence electrons. The first-order valence-corrected chi connectivity index (χ1v) is 5.29. The van der Waals surface area contributed by atoms with Crippen molar-refractivity contribution in [2.45, 2.75) is 6.04 Å². The highest BCUT2D eigenvalue weighted by atomic mass is 16.4. The molecule has 5 N–H and O–H groups in total.